The van der Waals surface area contributed by atoms with E-state index < -0.39 is 97.5 Å². The Hall–Kier alpha value is -1.94. The molecule has 0 bridgehead atoms. The molecule has 19 heteroatoms. The Morgan fingerprint density at radius 2 is 0.489 bits per heavy atom. The van der Waals surface area contributed by atoms with Crippen molar-refractivity contribution in [2.24, 2.45) is 17.8 Å². The third-order valence-electron chi connectivity index (χ3n) is 17.4. The molecular weight excluding hydrogens is 1230 g/mol. The predicted octanol–water partition coefficient (Wildman–Crippen LogP) is 21.8. The minimum atomic E-state index is -4.96. The smallest absolute Gasteiger partial charge is 0.462 e. The van der Waals surface area contributed by atoms with E-state index in [1.165, 1.54) is 193 Å². The largest absolute Gasteiger partial charge is 0.472 e. The van der Waals surface area contributed by atoms with Gasteiger partial charge in [0.05, 0.1) is 26.4 Å². The van der Waals surface area contributed by atoms with E-state index in [1.807, 2.05) is 0 Å². The van der Waals surface area contributed by atoms with Crippen LogP contribution in [0.2, 0.25) is 0 Å². The molecule has 558 valence electrons. The van der Waals surface area contributed by atoms with Crippen molar-refractivity contribution in [3.8, 4) is 0 Å². The van der Waals surface area contributed by atoms with Crippen LogP contribution in [0, 0.1) is 17.8 Å². The molecule has 17 nitrogen and oxygen atoms in total. The second-order valence-corrected chi connectivity index (χ2v) is 31.4. The van der Waals surface area contributed by atoms with Gasteiger partial charge in [-0.3, -0.25) is 37.3 Å². The third kappa shape index (κ3) is 68.6. The molecule has 0 aromatic heterocycles. The summed E-state index contributed by atoms with van der Waals surface area (Å²) < 4.78 is 68.4. The van der Waals surface area contributed by atoms with Crippen molar-refractivity contribution in [2.45, 2.75) is 401 Å². The van der Waals surface area contributed by atoms with Crippen LogP contribution < -0.4 is 0 Å². The lowest BCUT2D eigenvalue weighted by Gasteiger charge is -2.21. The summed E-state index contributed by atoms with van der Waals surface area (Å²) >= 11 is 0. The first-order chi connectivity index (χ1) is 45.2. The monoisotopic (exact) mass is 1380 g/mol. The van der Waals surface area contributed by atoms with Crippen LogP contribution in [0.4, 0.5) is 0 Å². The van der Waals surface area contributed by atoms with Gasteiger partial charge in [-0.1, -0.05) is 331 Å². The third-order valence-corrected chi connectivity index (χ3v) is 19.3. The average molecular weight is 1380 g/mol. The van der Waals surface area contributed by atoms with Gasteiger partial charge in [0.2, 0.25) is 0 Å². The van der Waals surface area contributed by atoms with Gasteiger partial charge in [-0.25, -0.2) is 9.13 Å². The minimum absolute atomic E-state index is 0.106. The van der Waals surface area contributed by atoms with Gasteiger partial charge in [0.25, 0.3) is 0 Å². The molecular formula is C75H146O17P2. The Morgan fingerprint density at radius 1 is 0.287 bits per heavy atom. The first kappa shape index (κ1) is 92.1. The van der Waals surface area contributed by atoms with E-state index in [0.717, 1.165) is 108 Å². The highest BCUT2D eigenvalue weighted by Gasteiger charge is 2.30. The molecule has 0 saturated carbocycles. The maximum Gasteiger partial charge on any atom is 0.472 e. The summed E-state index contributed by atoms with van der Waals surface area (Å²) in [5.41, 5.74) is 0. The first-order valence-corrected chi connectivity index (χ1v) is 41.8. The molecule has 2 unspecified atom stereocenters. The summed E-state index contributed by atoms with van der Waals surface area (Å²) in [7, 11) is -9.91. The van der Waals surface area contributed by atoms with Gasteiger partial charge in [0.1, 0.15) is 19.3 Å². The van der Waals surface area contributed by atoms with Gasteiger partial charge >= 0.3 is 39.5 Å². The second kappa shape index (κ2) is 65.7. The van der Waals surface area contributed by atoms with Gasteiger partial charge in [-0.15, -0.1) is 0 Å². The summed E-state index contributed by atoms with van der Waals surface area (Å²) in [4.78, 5) is 72.7. The number of phosphoric ester groups is 2. The molecule has 0 aliphatic rings. The lowest BCUT2D eigenvalue weighted by atomic mass is 10.0. The highest BCUT2D eigenvalue weighted by Crippen LogP contribution is 2.45. The van der Waals surface area contributed by atoms with E-state index in [-0.39, 0.29) is 25.7 Å². The van der Waals surface area contributed by atoms with E-state index in [9.17, 15) is 43.2 Å². The number of rotatable bonds is 73. The number of hydrogen-bond acceptors (Lipinski definition) is 15. The van der Waals surface area contributed by atoms with Crippen molar-refractivity contribution in [2.75, 3.05) is 39.6 Å². The summed E-state index contributed by atoms with van der Waals surface area (Å²) in [5, 5.41) is 10.6. The number of esters is 4. The molecule has 5 atom stereocenters. The van der Waals surface area contributed by atoms with Gasteiger partial charge < -0.3 is 33.8 Å². The van der Waals surface area contributed by atoms with Crippen LogP contribution in [0.3, 0.4) is 0 Å². The fourth-order valence-electron chi connectivity index (χ4n) is 11.4. The van der Waals surface area contributed by atoms with E-state index in [0.29, 0.717) is 25.7 Å². The number of ether oxygens (including phenoxy) is 4. The molecule has 0 rings (SSSR count). The van der Waals surface area contributed by atoms with Gasteiger partial charge in [-0.05, 0) is 43.4 Å². The first-order valence-electron chi connectivity index (χ1n) is 38.8. The Labute approximate surface area is 575 Å². The highest BCUT2D eigenvalue weighted by molar-refractivity contribution is 7.47. The average Bonchev–Trinajstić information content (AvgIpc) is 1.43. The SMILES string of the molecule is CCCCCCCCCCCC(=O)OC[C@H](COP(=O)(O)OC[C@H](O)COP(=O)(O)OC[C@@H](COC(=O)CCCCCCCCCCCCC(C)C)OC(=O)CCCCCCCCCCCCCCCCCCC(C)C)OC(=O)CCCCCCCCCCCCC(C)C. The van der Waals surface area contributed by atoms with Crippen molar-refractivity contribution in [3.05, 3.63) is 0 Å². The molecule has 3 N–H and O–H groups in total. The summed E-state index contributed by atoms with van der Waals surface area (Å²) in [6.45, 7) is 11.9. The van der Waals surface area contributed by atoms with Gasteiger partial charge in [-0.2, -0.15) is 0 Å². The van der Waals surface area contributed by atoms with Crippen molar-refractivity contribution in [1.29, 1.82) is 0 Å². The zero-order valence-electron chi connectivity index (χ0n) is 61.4. The van der Waals surface area contributed by atoms with E-state index >= 15 is 0 Å². The quantitative estimate of drug-likeness (QED) is 0.0222. The Morgan fingerprint density at radius 3 is 0.723 bits per heavy atom. The van der Waals surface area contributed by atoms with Crippen LogP contribution >= 0.6 is 15.6 Å². The number of phosphoric acid groups is 2. The minimum Gasteiger partial charge on any atom is -0.462 e. The van der Waals surface area contributed by atoms with Gasteiger partial charge in [0, 0.05) is 25.7 Å². The molecule has 0 aromatic rings. The number of carbonyl (C=O) groups is 4. The molecule has 0 saturated heterocycles. The predicted molar refractivity (Wildman–Crippen MR) is 381 cm³/mol. The molecule has 0 fully saturated rings. The Kier molecular flexibility index (Phi) is 64.3. The Bertz CT molecular complexity index is 1840. The number of hydrogen-bond donors (Lipinski definition) is 3. The van der Waals surface area contributed by atoms with Crippen LogP contribution in [-0.4, -0.2) is 96.7 Å². The fraction of sp³-hybridized carbons (Fsp3) is 0.947. The zero-order chi connectivity index (χ0) is 69.4. The summed E-state index contributed by atoms with van der Waals surface area (Å²) in [6, 6.07) is 0. The summed E-state index contributed by atoms with van der Waals surface area (Å²) in [5.74, 6) is 0.200. The number of aliphatic hydroxyl groups excluding tert-OH is 1. The van der Waals surface area contributed by atoms with Crippen LogP contribution in [0.1, 0.15) is 382 Å². The summed E-state index contributed by atoms with van der Waals surface area (Å²) in [6.07, 6.45) is 51.3. The van der Waals surface area contributed by atoms with Crippen LogP contribution in [0.25, 0.3) is 0 Å². The number of unbranched alkanes of at least 4 members (excludes halogenated alkanes) is 41. The number of aliphatic hydroxyl groups is 1. The van der Waals surface area contributed by atoms with Crippen molar-refractivity contribution >= 4 is 39.5 Å². The molecule has 0 aliphatic carbocycles. The van der Waals surface area contributed by atoms with Crippen molar-refractivity contribution < 1.29 is 80.2 Å². The van der Waals surface area contributed by atoms with E-state index in [4.69, 9.17) is 37.0 Å². The van der Waals surface area contributed by atoms with Crippen molar-refractivity contribution in [3.63, 3.8) is 0 Å². The van der Waals surface area contributed by atoms with Crippen molar-refractivity contribution in [1.82, 2.24) is 0 Å². The maximum atomic E-state index is 13.1. The molecule has 0 aliphatic heterocycles. The maximum absolute atomic E-state index is 13.1. The molecule has 94 heavy (non-hydrogen) atoms. The molecule has 0 aromatic carbocycles. The molecule has 0 amide bonds. The lowest BCUT2D eigenvalue weighted by Crippen LogP contribution is -2.30. The normalized spacial score (nSPS) is 14.1. The molecule has 0 spiro atoms. The van der Waals surface area contributed by atoms with E-state index in [2.05, 4.69) is 48.5 Å². The standard InChI is InChI=1S/C75H146O17P2/c1-8-9-10-11-12-25-35-42-49-56-72(77)85-62-70(92-75(80)59-52-45-38-31-24-22-28-34-41-48-55-68(6)7)64-89-93(81,82)87-60-69(76)61-88-94(83,84)90-65-71(63-86-73(78)57-50-43-36-29-23-21-27-33-40-47-54-67(4)5)91-74(79)58-51-44-37-30-20-18-16-14-13-15-17-19-26-32-39-46-53-66(2)3/h66-71,76H,8-65H2,1-7H3,(H,81,82)(H,83,84)/t69-,70+,71+/m0/s1. The zero-order valence-corrected chi connectivity index (χ0v) is 63.2. The highest BCUT2D eigenvalue weighted by atomic mass is 31.2. The Balaban J connectivity index is 5.22. The molecule has 0 heterocycles. The lowest BCUT2D eigenvalue weighted by molar-refractivity contribution is -0.161. The van der Waals surface area contributed by atoms with Gasteiger partial charge in [0.15, 0.2) is 12.2 Å². The topological polar surface area (TPSA) is 237 Å². The molecule has 0 radical (unpaired) electrons. The fourth-order valence-corrected chi connectivity index (χ4v) is 13.0. The van der Waals surface area contributed by atoms with Crippen LogP contribution in [0.15, 0.2) is 0 Å². The van der Waals surface area contributed by atoms with Crippen LogP contribution in [0.5, 0.6) is 0 Å². The van der Waals surface area contributed by atoms with E-state index in [1.54, 1.807) is 0 Å². The number of carbonyl (C=O) groups excluding carboxylic acids is 4. The second-order valence-electron chi connectivity index (χ2n) is 28.5. The van der Waals surface area contributed by atoms with Crippen LogP contribution in [-0.2, 0) is 65.4 Å².